The molecule has 1 aliphatic rings. The summed E-state index contributed by atoms with van der Waals surface area (Å²) in [6, 6.07) is 6.72. The van der Waals surface area contributed by atoms with Crippen molar-refractivity contribution in [2.24, 2.45) is 4.99 Å². The van der Waals surface area contributed by atoms with E-state index in [2.05, 4.69) is 47.7 Å². The number of ether oxygens (including phenoxy) is 1. The number of aliphatic imine (C=N–C) groups is 1. The summed E-state index contributed by atoms with van der Waals surface area (Å²) in [6.45, 7) is 7.02. The monoisotopic (exact) mass is 303 g/mol. The molecule has 1 aromatic rings. The van der Waals surface area contributed by atoms with Gasteiger partial charge in [-0.2, -0.15) is 0 Å². The van der Waals surface area contributed by atoms with Gasteiger partial charge in [-0.25, -0.2) is 0 Å². The Kier molecular flexibility index (Phi) is 6.72. The van der Waals surface area contributed by atoms with Gasteiger partial charge in [-0.3, -0.25) is 4.99 Å². The maximum Gasteiger partial charge on any atom is 0.190 e. The highest BCUT2D eigenvalue weighted by atomic mass is 16.5. The van der Waals surface area contributed by atoms with Gasteiger partial charge in [0.1, 0.15) is 0 Å². The quantitative estimate of drug-likeness (QED) is 0.627. The Balaban J connectivity index is 1.67. The van der Waals surface area contributed by atoms with Crippen LogP contribution in [0.25, 0.3) is 0 Å². The summed E-state index contributed by atoms with van der Waals surface area (Å²) >= 11 is 0. The highest BCUT2D eigenvalue weighted by Gasteiger charge is 2.14. The van der Waals surface area contributed by atoms with Crippen LogP contribution in [0.15, 0.2) is 23.2 Å². The molecule has 4 nitrogen and oxygen atoms in total. The zero-order valence-electron chi connectivity index (χ0n) is 14.1. The van der Waals surface area contributed by atoms with Gasteiger partial charge in [-0.05, 0) is 45.1 Å². The van der Waals surface area contributed by atoms with Crippen LogP contribution in [-0.2, 0) is 11.2 Å². The van der Waals surface area contributed by atoms with Crippen LogP contribution in [0.2, 0.25) is 0 Å². The molecule has 1 atom stereocenters. The summed E-state index contributed by atoms with van der Waals surface area (Å²) in [5.41, 5.74) is 4.03. The van der Waals surface area contributed by atoms with Crippen LogP contribution < -0.4 is 10.6 Å². The molecule has 22 heavy (non-hydrogen) atoms. The summed E-state index contributed by atoms with van der Waals surface area (Å²) in [5.74, 6) is 0.877. The van der Waals surface area contributed by atoms with Gasteiger partial charge < -0.3 is 15.4 Å². The highest BCUT2D eigenvalue weighted by molar-refractivity contribution is 5.79. The Morgan fingerprint density at radius 1 is 1.18 bits per heavy atom. The fourth-order valence-electron chi connectivity index (χ4n) is 2.98. The number of guanidine groups is 1. The van der Waals surface area contributed by atoms with Crippen molar-refractivity contribution in [3.05, 3.63) is 34.9 Å². The molecule has 0 amide bonds. The van der Waals surface area contributed by atoms with Crippen LogP contribution in [0, 0.1) is 13.8 Å². The Bertz CT molecular complexity index is 473. The van der Waals surface area contributed by atoms with Crippen molar-refractivity contribution in [3.63, 3.8) is 0 Å². The maximum atomic E-state index is 5.63. The average Bonchev–Trinajstić information content (AvgIpc) is 2.98. The number of nitrogens with zero attached hydrogens (tertiary/aromatic N) is 1. The fraction of sp³-hybridized carbons (Fsp3) is 0.611. The van der Waals surface area contributed by atoms with Crippen LogP contribution in [0.5, 0.6) is 0 Å². The van der Waals surface area contributed by atoms with Gasteiger partial charge in [0, 0.05) is 26.7 Å². The predicted molar refractivity (Wildman–Crippen MR) is 92.6 cm³/mol. The van der Waals surface area contributed by atoms with Crippen molar-refractivity contribution in [2.45, 2.75) is 45.6 Å². The molecule has 2 N–H and O–H groups in total. The van der Waals surface area contributed by atoms with E-state index in [9.17, 15) is 0 Å². The third-order valence-electron chi connectivity index (χ3n) is 3.99. The molecule has 1 unspecified atom stereocenters. The SMILES string of the molecule is CN=C(NCCc1cc(C)cc(C)c1)NCCC1CCCO1. The lowest BCUT2D eigenvalue weighted by molar-refractivity contribution is 0.105. The second-order valence-corrected chi connectivity index (χ2v) is 6.10. The van der Waals surface area contributed by atoms with Gasteiger partial charge in [0.05, 0.1) is 6.10 Å². The summed E-state index contributed by atoms with van der Waals surface area (Å²) in [7, 11) is 1.82. The lowest BCUT2D eigenvalue weighted by atomic mass is 10.1. The second-order valence-electron chi connectivity index (χ2n) is 6.10. The number of aryl methyl sites for hydroxylation is 2. The molecular weight excluding hydrogens is 274 g/mol. The molecule has 0 aliphatic carbocycles. The molecule has 0 spiro atoms. The number of benzene rings is 1. The summed E-state index contributed by atoms with van der Waals surface area (Å²) in [4.78, 5) is 4.27. The first-order valence-corrected chi connectivity index (χ1v) is 8.30. The van der Waals surface area contributed by atoms with E-state index >= 15 is 0 Å². The van der Waals surface area contributed by atoms with Crippen LogP contribution in [0.1, 0.15) is 36.0 Å². The average molecular weight is 303 g/mol. The van der Waals surface area contributed by atoms with Crippen LogP contribution in [0.4, 0.5) is 0 Å². The van der Waals surface area contributed by atoms with Crippen molar-refractivity contribution in [1.29, 1.82) is 0 Å². The van der Waals surface area contributed by atoms with Gasteiger partial charge in [-0.15, -0.1) is 0 Å². The van der Waals surface area contributed by atoms with E-state index in [1.165, 1.54) is 29.5 Å². The van der Waals surface area contributed by atoms with Gasteiger partial charge in [0.2, 0.25) is 0 Å². The van der Waals surface area contributed by atoms with E-state index in [1.807, 2.05) is 7.05 Å². The van der Waals surface area contributed by atoms with Gasteiger partial charge in [0.25, 0.3) is 0 Å². The molecule has 122 valence electrons. The van der Waals surface area contributed by atoms with Gasteiger partial charge >= 0.3 is 0 Å². The van der Waals surface area contributed by atoms with E-state index in [1.54, 1.807) is 0 Å². The van der Waals surface area contributed by atoms with E-state index < -0.39 is 0 Å². The molecule has 0 bridgehead atoms. The molecule has 4 heteroatoms. The fourth-order valence-corrected chi connectivity index (χ4v) is 2.98. The maximum absolute atomic E-state index is 5.63. The molecule has 0 saturated carbocycles. The van der Waals surface area contributed by atoms with E-state index in [0.717, 1.165) is 38.5 Å². The zero-order chi connectivity index (χ0) is 15.8. The van der Waals surface area contributed by atoms with Crippen molar-refractivity contribution in [1.82, 2.24) is 10.6 Å². The second kappa shape index (κ2) is 8.79. The van der Waals surface area contributed by atoms with Gasteiger partial charge in [0.15, 0.2) is 5.96 Å². The Labute approximate surface area is 134 Å². The summed E-state index contributed by atoms with van der Waals surface area (Å²) in [5, 5.41) is 6.74. The van der Waals surface area contributed by atoms with Crippen molar-refractivity contribution in [3.8, 4) is 0 Å². The van der Waals surface area contributed by atoms with Crippen LogP contribution >= 0.6 is 0 Å². The number of nitrogens with one attached hydrogen (secondary N) is 2. The summed E-state index contributed by atoms with van der Waals surface area (Å²) in [6.07, 6.45) is 4.89. The normalized spacial score (nSPS) is 18.5. The molecule has 1 fully saturated rings. The van der Waals surface area contributed by atoms with Gasteiger partial charge in [-0.1, -0.05) is 29.3 Å². The standard InChI is InChI=1S/C18H29N3O/c1-14-11-15(2)13-16(12-14)6-8-20-18(19-3)21-9-7-17-5-4-10-22-17/h11-13,17H,4-10H2,1-3H3,(H2,19,20,21). The van der Waals surface area contributed by atoms with Crippen LogP contribution in [0.3, 0.4) is 0 Å². The number of rotatable bonds is 6. The topological polar surface area (TPSA) is 45.7 Å². The van der Waals surface area contributed by atoms with E-state index in [-0.39, 0.29) is 0 Å². The third kappa shape index (κ3) is 5.68. The first-order valence-electron chi connectivity index (χ1n) is 8.30. The number of hydrogen-bond donors (Lipinski definition) is 2. The molecule has 0 radical (unpaired) electrons. The van der Waals surface area contributed by atoms with E-state index in [4.69, 9.17) is 4.74 Å². The molecule has 1 heterocycles. The first kappa shape index (κ1) is 16.8. The zero-order valence-corrected chi connectivity index (χ0v) is 14.1. The molecule has 1 aromatic carbocycles. The number of hydrogen-bond acceptors (Lipinski definition) is 2. The van der Waals surface area contributed by atoms with Crippen molar-refractivity contribution >= 4 is 5.96 Å². The molecule has 1 saturated heterocycles. The van der Waals surface area contributed by atoms with Crippen molar-refractivity contribution < 1.29 is 4.74 Å². The molecular formula is C18H29N3O. The molecule has 2 rings (SSSR count). The molecule has 1 aliphatic heterocycles. The Morgan fingerprint density at radius 2 is 1.91 bits per heavy atom. The van der Waals surface area contributed by atoms with Crippen LogP contribution in [-0.4, -0.2) is 38.8 Å². The lowest BCUT2D eigenvalue weighted by Crippen LogP contribution is -2.39. The predicted octanol–water partition coefficient (Wildman–Crippen LogP) is 2.58. The summed E-state index contributed by atoms with van der Waals surface area (Å²) < 4.78 is 5.63. The molecule has 0 aromatic heterocycles. The largest absolute Gasteiger partial charge is 0.378 e. The smallest absolute Gasteiger partial charge is 0.190 e. The minimum atomic E-state index is 0.431. The van der Waals surface area contributed by atoms with E-state index in [0.29, 0.717) is 6.10 Å². The third-order valence-corrected chi connectivity index (χ3v) is 3.99. The highest BCUT2D eigenvalue weighted by Crippen LogP contribution is 2.14. The Hall–Kier alpha value is -1.55. The minimum absolute atomic E-state index is 0.431. The minimum Gasteiger partial charge on any atom is -0.378 e. The lowest BCUT2D eigenvalue weighted by Gasteiger charge is -2.14. The Morgan fingerprint density at radius 3 is 2.55 bits per heavy atom. The first-order chi connectivity index (χ1) is 10.7. The van der Waals surface area contributed by atoms with Crippen molar-refractivity contribution in [2.75, 3.05) is 26.7 Å².